The quantitative estimate of drug-likeness (QED) is 0.643. The second kappa shape index (κ2) is 4.51. The first-order valence-corrected chi connectivity index (χ1v) is 5.19. The van der Waals surface area contributed by atoms with E-state index in [1.165, 1.54) is 11.9 Å². The maximum atomic E-state index is 5.69. The van der Waals surface area contributed by atoms with Gasteiger partial charge in [-0.05, 0) is 25.0 Å². The zero-order valence-corrected chi connectivity index (χ0v) is 8.53. The number of hydrogen-bond donors (Lipinski definition) is 0. The van der Waals surface area contributed by atoms with Crippen LogP contribution in [0.1, 0.15) is 19.3 Å². The summed E-state index contributed by atoms with van der Waals surface area (Å²) >= 11 is 0. The Kier molecular flexibility index (Phi) is 3.09. The van der Waals surface area contributed by atoms with Crippen LogP contribution in [0.3, 0.4) is 0 Å². The lowest BCUT2D eigenvalue weighted by atomic mass is 9.97. The molecule has 0 bridgehead atoms. The monoisotopic (exact) mass is 190 g/mol. The van der Waals surface area contributed by atoms with Gasteiger partial charge in [-0.3, -0.25) is 0 Å². The van der Waals surface area contributed by atoms with Crippen molar-refractivity contribution in [1.82, 2.24) is 0 Å². The first kappa shape index (κ1) is 9.59. The fourth-order valence-corrected chi connectivity index (χ4v) is 1.57. The van der Waals surface area contributed by atoms with Gasteiger partial charge >= 0.3 is 0 Å². The zero-order valence-electron chi connectivity index (χ0n) is 8.53. The Bertz CT molecular complexity index is 278. The van der Waals surface area contributed by atoms with E-state index in [2.05, 4.69) is 20.0 Å². The molecule has 1 aliphatic rings. The SMILES string of the molecule is Bc1ccc(OC2CCCCO2)cc1. The molecule has 0 N–H and O–H groups in total. The molecule has 1 atom stereocenters. The Morgan fingerprint density at radius 2 is 2.00 bits per heavy atom. The third-order valence-electron chi connectivity index (χ3n) is 2.43. The largest absolute Gasteiger partial charge is 0.465 e. The van der Waals surface area contributed by atoms with Crippen molar-refractivity contribution < 1.29 is 9.47 Å². The third-order valence-corrected chi connectivity index (χ3v) is 2.43. The second-order valence-electron chi connectivity index (χ2n) is 3.73. The Morgan fingerprint density at radius 1 is 1.21 bits per heavy atom. The summed E-state index contributed by atoms with van der Waals surface area (Å²) < 4.78 is 11.2. The molecule has 0 aliphatic carbocycles. The predicted molar refractivity (Wildman–Crippen MR) is 58.8 cm³/mol. The van der Waals surface area contributed by atoms with Gasteiger partial charge in [-0.1, -0.05) is 17.6 Å². The second-order valence-corrected chi connectivity index (χ2v) is 3.73. The molecule has 0 saturated carbocycles. The van der Waals surface area contributed by atoms with E-state index in [4.69, 9.17) is 9.47 Å². The summed E-state index contributed by atoms with van der Waals surface area (Å²) in [5.41, 5.74) is 1.25. The third kappa shape index (κ3) is 2.52. The van der Waals surface area contributed by atoms with Crippen LogP contribution in [-0.2, 0) is 4.74 Å². The van der Waals surface area contributed by atoms with Crippen molar-refractivity contribution in [3.05, 3.63) is 24.3 Å². The van der Waals surface area contributed by atoms with Crippen molar-refractivity contribution in [3.8, 4) is 5.75 Å². The van der Waals surface area contributed by atoms with Gasteiger partial charge in [0.25, 0.3) is 0 Å². The fraction of sp³-hybridized carbons (Fsp3) is 0.455. The van der Waals surface area contributed by atoms with Crippen molar-refractivity contribution in [1.29, 1.82) is 0 Å². The van der Waals surface area contributed by atoms with Gasteiger partial charge in [0.2, 0.25) is 0 Å². The molecule has 0 aromatic heterocycles. The standard InChI is InChI=1S/C11H15BO2/c12-9-4-6-10(7-5-9)14-11-3-1-2-8-13-11/h4-7,11H,1-3,8,12H2. The highest BCUT2D eigenvalue weighted by Crippen LogP contribution is 2.17. The molecule has 0 radical (unpaired) electrons. The molecule has 2 nitrogen and oxygen atoms in total. The molecule has 0 spiro atoms. The van der Waals surface area contributed by atoms with Crippen molar-refractivity contribution in [2.45, 2.75) is 25.6 Å². The van der Waals surface area contributed by atoms with Crippen molar-refractivity contribution in [2.75, 3.05) is 6.61 Å². The van der Waals surface area contributed by atoms with E-state index in [1.54, 1.807) is 0 Å². The predicted octanol–water partition coefficient (Wildman–Crippen LogP) is 0.850. The molecule has 1 unspecified atom stereocenters. The summed E-state index contributed by atoms with van der Waals surface area (Å²) in [4.78, 5) is 0. The van der Waals surface area contributed by atoms with Crippen LogP contribution >= 0.6 is 0 Å². The minimum Gasteiger partial charge on any atom is -0.465 e. The molecule has 1 heterocycles. The van der Waals surface area contributed by atoms with Gasteiger partial charge in [-0.25, -0.2) is 0 Å². The topological polar surface area (TPSA) is 18.5 Å². The molecule has 1 aromatic rings. The highest BCUT2D eigenvalue weighted by Gasteiger charge is 2.14. The van der Waals surface area contributed by atoms with E-state index >= 15 is 0 Å². The molecular weight excluding hydrogens is 175 g/mol. The lowest BCUT2D eigenvalue weighted by molar-refractivity contribution is -0.105. The molecule has 1 fully saturated rings. The van der Waals surface area contributed by atoms with E-state index in [1.807, 2.05) is 12.1 Å². The highest BCUT2D eigenvalue weighted by atomic mass is 16.7. The van der Waals surface area contributed by atoms with Gasteiger partial charge in [0.05, 0.1) is 6.61 Å². The van der Waals surface area contributed by atoms with Crippen LogP contribution in [0, 0.1) is 0 Å². The van der Waals surface area contributed by atoms with Crippen LogP contribution in [0.4, 0.5) is 0 Å². The van der Waals surface area contributed by atoms with Gasteiger partial charge in [0.1, 0.15) is 13.6 Å². The van der Waals surface area contributed by atoms with E-state index < -0.39 is 0 Å². The summed E-state index contributed by atoms with van der Waals surface area (Å²) in [6.07, 6.45) is 3.34. The first-order valence-electron chi connectivity index (χ1n) is 5.19. The van der Waals surface area contributed by atoms with Crippen LogP contribution in [0.5, 0.6) is 5.75 Å². The summed E-state index contributed by atoms with van der Waals surface area (Å²) in [5, 5.41) is 0. The van der Waals surface area contributed by atoms with Gasteiger partial charge in [-0.15, -0.1) is 0 Å². The summed E-state index contributed by atoms with van der Waals surface area (Å²) in [5.74, 6) is 0.905. The summed E-state index contributed by atoms with van der Waals surface area (Å²) in [7, 11) is 2.07. The van der Waals surface area contributed by atoms with Crippen LogP contribution < -0.4 is 10.2 Å². The molecule has 14 heavy (non-hydrogen) atoms. The molecule has 1 aromatic carbocycles. The first-order chi connectivity index (χ1) is 6.84. The smallest absolute Gasteiger partial charge is 0.199 e. The van der Waals surface area contributed by atoms with Crippen molar-refractivity contribution in [3.63, 3.8) is 0 Å². The molecule has 74 valence electrons. The maximum absolute atomic E-state index is 5.69. The van der Waals surface area contributed by atoms with Gasteiger partial charge in [0.15, 0.2) is 6.29 Å². The number of benzene rings is 1. The zero-order chi connectivity index (χ0) is 9.80. The number of hydrogen-bond acceptors (Lipinski definition) is 2. The van der Waals surface area contributed by atoms with E-state index in [-0.39, 0.29) is 6.29 Å². The van der Waals surface area contributed by atoms with Gasteiger partial charge in [-0.2, -0.15) is 0 Å². The average molecular weight is 190 g/mol. The van der Waals surface area contributed by atoms with Crippen molar-refractivity contribution >= 4 is 13.3 Å². The van der Waals surface area contributed by atoms with E-state index in [0.29, 0.717) is 0 Å². The normalized spacial score (nSPS) is 21.9. The number of rotatable bonds is 2. The molecule has 1 saturated heterocycles. The minimum atomic E-state index is -0.0357. The van der Waals surface area contributed by atoms with Crippen LogP contribution in [0.2, 0.25) is 0 Å². The maximum Gasteiger partial charge on any atom is 0.199 e. The molecule has 2 rings (SSSR count). The summed E-state index contributed by atoms with van der Waals surface area (Å²) in [6.45, 7) is 0.830. The lowest BCUT2D eigenvalue weighted by Crippen LogP contribution is -2.25. The Hall–Kier alpha value is -0.955. The van der Waals surface area contributed by atoms with Crippen molar-refractivity contribution in [2.24, 2.45) is 0 Å². The highest BCUT2D eigenvalue weighted by molar-refractivity contribution is 6.32. The van der Waals surface area contributed by atoms with Gasteiger partial charge < -0.3 is 9.47 Å². The average Bonchev–Trinajstić information content (AvgIpc) is 2.23. The van der Waals surface area contributed by atoms with Gasteiger partial charge in [0, 0.05) is 6.42 Å². The fourth-order valence-electron chi connectivity index (χ4n) is 1.57. The Balaban J connectivity index is 1.92. The van der Waals surface area contributed by atoms with Crippen LogP contribution in [0.15, 0.2) is 24.3 Å². The molecule has 1 aliphatic heterocycles. The number of ether oxygens (including phenoxy) is 2. The van der Waals surface area contributed by atoms with E-state index in [9.17, 15) is 0 Å². The molecule has 0 amide bonds. The minimum absolute atomic E-state index is 0.0357. The Morgan fingerprint density at radius 3 is 2.64 bits per heavy atom. The molecule has 3 heteroatoms. The van der Waals surface area contributed by atoms with E-state index in [0.717, 1.165) is 25.2 Å². The molecular formula is C11H15BO2. The summed E-state index contributed by atoms with van der Waals surface area (Å²) in [6, 6.07) is 8.09. The van der Waals surface area contributed by atoms with Crippen LogP contribution in [-0.4, -0.2) is 20.7 Å². The van der Waals surface area contributed by atoms with Crippen LogP contribution in [0.25, 0.3) is 0 Å². The Labute approximate surface area is 85.6 Å². The lowest BCUT2D eigenvalue weighted by Gasteiger charge is -2.23.